The Morgan fingerprint density at radius 3 is 1.96 bits per heavy atom. The van der Waals surface area contributed by atoms with Crippen LogP contribution < -0.4 is 5.32 Å². The largest absolute Gasteiger partial charge is 0.466 e. The SMILES string of the molecule is COC(=O)C1=C(C)NC(C)=C(C(=O)OC)C1c1cc(F)ccc1F. The number of halogens is 2. The summed E-state index contributed by atoms with van der Waals surface area (Å²) in [6, 6.07) is 2.86. The number of ether oxygens (including phenoxy) is 2. The van der Waals surface area contributed by atoms with Crippen LogP contribution in [0.5, 0.6) is 0 Å². The van der Waals surface area contributed by atoms with Crippen molar-refractivity contribution >= 4 is 11.9 Å². The second-order valence-corrected chi connectivity index (χ2v) is 5.28. The highest BCUT2D eigenvalue weighted by atomic mass is 19.1. The van der Waals surface area contributed by atoms with Crippen LogP contribution in [0.25, 0.3) is 0 Å². The summed E-state index contributed by atoms with van der Waals surface area (Å²) in [5, 5.41) is 2.89. The van der Waals surface area contributed by atoms with E-state index in [1.807, 2.05) is 0 Å². The third-order valence-electron chi connectivity index (χ3n) is 3.84. The van der Waals surface area contributed by atoms with Gasteiger partial charge in [0, 0.05) is 17.0 Å². The maximum Gasteiger partial charge on any atom is 0.336 e. The summed E-state index contributed by atoms with van der Waals surface area (Å²) in [7, 11) is 2.34. The Morgan fingerprint density at radius 2 is 1.50 bits per heavy atom. The van der Waals surface area contributed by atoms with Crippen molar-refractivity contribution < 1.29 is 27.8 Å². The molecule has 24 heavy (non-hydrogen) atoms. The van der Waals surface area contributed by atoms with Gasteiger partial charge in [0.1, 0.15) is 11.6 Å². The van der Waals surface area contributed by atoms with E-state index in [2.05, 4.69) is 5.32 Å². The van der Waals surface area contributed by atoms with E-state index in [0.29, 0.717) is 11.4 Å². The monoisotopic (exact) mass is 337 g/mol. The third-order valence-corrected chi connectivity index (χ3v) is 3.84. The summed E-state index contributed by atoms with van der Waals surface area (Å²) in [5.74, 6) is -4.06. The molecule has 0 aliphatic carbocycles. The first kappa shape index (κ1) is 17.7. The minimum Gasteiger partial charge on any atom is -0.466 e. The molecule has 0 spiro atoms. The number of benzene rings is 1. The average molecular weight is 337 g/mol. The molecule has 2 rings (SSSR count). The zero-order valence-electron chi connectivity index (χ0n) is 13.7. The van der Waals surface area contributed by atoms with Gasteiger partial charge in [0.2, 0.25) is 0 Å². The molecule has 0 aromatic heterocycles. The number of rotatable bonds is 3. The van der Waals surface area contributed by atoms with Crippen LogP contribution in [-0.2, 0) is 19.1 Å². The van der Waals surface area contributed by atoms with Gasteiger partial charge in [-0.1, -0.05) is 0 Å². The van der Waals surface area contributed by atoms with Crippen LogP contribution in [0.3, 0.4) is 0 Å². The first-order valence-corrected chi connectivity index (χ1v) is 7.12. The van der Waals surface area contributed by atoms with Crippen LogP contribution in [0.15, 0.2) is 40.7 Å². The number of carbonyl (C=O) groups is 2. The molecule has 0 amide bonds. The summed E-state index contributed by atoms with van der Waals surface area (Å²) in [6.07, 6.45) is 0. The van der Waals surface area contributed by atoms with E-state index in [0.717, 1.165) is 18.2 Å². The van der Waals surface area contributed by atoms with Crippen LogP contribution >= 0.6 is 0 Å². The van der Waals surface area contributed by atoms with Gasteiger partial charge >= 0.3 is 11.9 Å². The molecule has 0 radical (unpaired) electrons. The molecule has 0 saturated carbocycles. The van der Waals surface area contributed by atoms with Gasteiger partial charge in [-0.05, 0) is 32.0 Å². The minimum absolute atomic E-state index is 0.0213. The van der Waals surface area contributed by atoms with E-state index in [4.69, 9.17) is 9.47 Å². The zero-order chi connectivity index (χ0) is 18.0. The second kappa shape index (κ2) is 6.82. The smallest absolute Gasteiger partial charge is 0.336 e. The lowest BCUT2D eigenvalue weighted by Gasteiger charge is -2.30. The van der Waals surface area contributed by atoms with Crippen molar-refractivity contribution in [3.8, 4) is 0 Å². The lowest BCUT2D eigenvalue weighted by molar-refractivity contribution is -0.137. The molecule has 0 fully saturated rings. The van der Waals surface area contributed by atoms with E-state index in [1.54, 1.807) is 13.8 Å². The second-order valence-electron chi connectivity index (χ2n) is 5.28. The van der Waals surface area contributed by atoms with Crippen molar-refractivity contribution in [1.82, 2.24) is 5.32 Å². The van der Waals surface area contributed by atoms with Crippen molar-refractivity contribution in [2.75, 3.05) is 14.2 Å². The topological polar surface area (TPSA) is 64.6 Å². The van der Waals surface area contributed by atoms with E-state index in [1.165, 1.54) is 14.2 Å². The average Bonchev–Trinajstić information content (AvgIpc) is 2.55. The summed E-state index contributed by atoms with van der Waals surface area (Å²) in [4.78, 5) is 24.4. The molecule has 1 aromatic rings. The maximum absolute atomic E-state index is 14.4. The quantitative estimate of drug-likeness (QED) is 0.859. The first-order chi connectivity index (χ1) is 11.3. The summed E-state index contributed by atoms with van der Waals surface area (Å²) in [5.41, 5.74) is 0.679. The molecule has 1 aliphatic rings. The van der Waals surface area contributed by atoms with Crippen LogP contribution in [-0.4, -0.2) is 26.2 Å². The van der Waals surface area contributed by atoms with E-state index in [-0.39, 0.29) is 16.7 Å². The number of methoxy groups -OCH3 is 2. The van der Waals surface area contributed by atoms with Crippen molar-refractivity contribution in [3.63, 3.8) is 0 Å². The van der Waals surface area contributed by atoms with Gasteiger partial charge in [-0.25, -0.2) is 18.4 Å². The maximum atomic E-state index is 14.4. The lowest BCUT2D eigenvalue weighted by atomic mass is 9.80. The summed E-state index contributed by atoms with van der Waals surface area (Å²) in [6.45, 7) is 3.18. The normalized spacial score (nSPS) is 15.2. The molecule has 1 N–H and O–H groups in total. The van der Waals surface area contributed by atoms with Crippen LogP contribution in [0.4, 0.5) is 8.78 Å². The number of dihydropyridines is 1. The highest BCUT2D eigenvalue weighted by molar-refractivity contribution is 5.99. The highest BCUT2D eigenvalue weighted by Gasteiger charge is 2.39. The third kappa shape index (κ3) is 3.02. The van der Waals surface area contributed by atoms with Gasteiger partial charge in [-0.15, -0.1) is 0 Å². The number of hydrogen-bond donors (Lipinski definition) is 1. The molecule has 5 nitrogen and oxygen atoms in total. The summed E-state index contributed by atoms with van der Waals surface area (Å²) >= 11 is 0. The Labute approximate surface area is 137 Å². The van der Waals surface area contributed by atoms with Crippen molar-refractivity contribution in [1.29, 1.82) is 0 Å². The van der Waals surface area contributed by atoms with Crippen molar-refractivity contribution in [2.24, 2.45) is 0 Å². The molecule has 0 bridgehead atoms. The number of hydrogen-bond acceptors (Lipinski definition) is 5. The predicted molar refractivity (Wildman–Crippen MR) is 81.7 cm³/mol. The van der Waals surface area contributed by atoms with Gasteiger partial charge in [-0.3, -0.25) is 0 Å². The van der Waals surface area contributed by atoms with Gasteiger partial charge in [-0.2, -0.15) is 0 Å². The molecular weight excluding hydrogens is 320 g/mol. The molecule has 1 aliphatic heterocycles. The van der Waals surface area contributed by atoms with Gasteiger partial charge < -0.3 is 14.8 Å². The standard InChI is InChI=1S/C17H17F2NO4/c1-8-13(16(21)23-3)15(11-7-10(18)5-6-12(11)19)14(9(2)20-8)17(22)24-4/h5-7,15,20H,1-4H3. The molecule has 0 unspecified atom stereocenters. The van der Waals surface area contributed by atoms with E-state index >= 15 is 0 Å². The predicted octanol–water partition coefficient (Wildman–Crippen LogP) is 2.55. The lowest BCUT2D eigenvalue weighted by Crippen LogP contribution is -2.32. The molecule has 0 atom stereocenters. The Kier molecular flexibility index (Phi) is 5.02. The fraction of sp³-hybridized carbons (Fsp3) is 0.294. The number of carbonyl (C=O) groups excluding carboxylic acids is 2. The first-order valence-electron chi connectivity index (χ1n) is 7.12. The van der Waals surface area contributed by atoms with Crippen LogP contribution in [0, 0.1) is 11.6 Å². The van der Waals surface area contributed by atoms with Gasteiger partial charge in [0.25, 0.3) is 0 Å². The summed E-state index contributed by atoms with van der Waals surface area (Å²) < 4.78 is 37.5. The van der Waals surface area contributed by atoms with Crippen LogP contribution in [0.2, 0.25) is 0 Å². The molecular formula is C17H17F2NO4. The molecule has 1 aromatic carbocycles. The van der Waals surface area contributed by atoms with E-state index in [9.17, 15) is 18.4 Å². The molecule has 0 saturated heterocycles. The number of nitrogens with one attached hydrogen (secondary N) is 1. The zero-order valence-corrected chi connectivity index (χ0v) is 13.7. The fourth-order valence-corrected chi connectivity index (χ4v) is 2.80. The molecule has 1 heterocycles. The minimum atomic E-state index is -1.14. The Bertz CT molecular complexity index is 730. The van der Waals surface area contributed by atoms with Crippen molar-refractivity contribution in [2.45, 2.75) is 19.8 Å². The number of esters is 2. The van der Waals surface area contributed by atoms with Gasteiger partial charge in [0.15, 0.2) is 0 Å². The Balaban J connectivity index is 2.77. The van der Waals surface area contributed by atoms with E-state index < -0.39 is 29.5 Å². The number of allylic oxidation sites excluding steroid dienone is 2. The molecule has 7 heteroatoms. The fourth-order valence-electron chi connectivity index (χ4n) is 2.80. The van der Waals surface area contributed by atoms with Crippen LogP contribution in [0.1, 0.15) is 25.3 Å². The van der Waals surface area contributed by atoms with Crippen molar-refractivity contribution in [3.05, 3.63) is 57.9 Å². The highest BCUT2D eigenvalue weighted by Crippen LogP contribution is 2.40. The Morgan fingerprint density at radius 1 is 1.00 bits per heavy atom. The molecule has 128 valence electrons. The Hall–Kier alpha value is -2.70. The van der Waals surface area contributed by atoms with Gasteiger partial charge in [0.05, 0.1) is 31.3 Å².